The Bertz CT molecular complexity index is 1160. The molecule has 4 bridgehead atoms. The summed E-state index contributed by atoms with van der Waals surface area (Å²) in [5, 5.41) is 30.5. The van der Waals surface area contributed by atoms with E-state index in [1.165, 1.54) is 32.1 Å². The molecule has 4 N–H and O–H groups in total. The summed E-state index contributed by atoms with van der Waals surface area (Å²) in [5.41, 5.74) is 1.66. The predicted molar refractivity (Wildman–Crippen MR) is 145 cm³/mol. The van der Waals surface area contributed by atoms with Gasteiger partial charge in [-0.05, 0) is 87.0 Å². The Labute approximate surface area is 224 Å². The summed E-state index contributed by atoms with van der Waals surface area (Å²) < 4.78 is 5.41. The van der Waals surface area contributed by atoms with Gasteiger partial charge in [-0.1, -0.05) is 0 Å². The van der Waals surface area contributed by atoms with Gasteiger partial charge in [0.15, 0.2) is 0 Å². The van der Waals surface area contributed by atoms with Gasteiger partial charge in [0, 0.05) is 43.1 Å². The van der Waals surface area contributed by atoms with Gasteiger partial charge in [-0.2, -0.15) is 10.2 Å². The molecule has 5 aliphatic rings. The Morgan fingerprint density at radius 2 is 1.89 bits per heavy atom. The number of anilines is 2. The molecule has 0 amide bonds. The lowest BCUT2D eigenvalue weighted by Gasteiger charge is -2.61. The van der Waals surface area contributed by atoms with Crippen molar-refractivity contribution < 1.29 is 9.84 Å². The average molecular weight is 518 g/mol. The molecule has 202 valence electrons. The number of hydrogen-bond donors (Lipinski definition) is 4. The monoisotopic (exact) mass is 517 g/mol. The van der Waals surface area contributed by atoms with E-state index < -0.39 is 0 Å². The van der Waals surface area contributed by atoms with Gasteiger partial charge in [0.1, 0.15) is 23.2 Å². The van der Waals surface area contributed by atoms with Crippen LogP contribution in [-0.4, -0.2) is 51.9 Å². The number of pyridine rings is 1. The van der Waals surface area contributed by atoms with E-state index >= 15 is 0 Å². The molecule has 0 radical (unpaired) electrons. The highest BCUT2D eigenvalue weighted by Gasteiger charge is 2.55. The number of nitrogens with zero attached hydrogens (tertiary/aromatic N) is 4. The summed E-state index contributed by atoms with van der Waals surface area (Å²) in [6.45, 7) is 1.33. The van der Waals surface area contributed by atoms with Crippen LogP contribution in [0.4, 0.5) is 11.8 Å². The second-order valence-corrected chi connectivity index (χ2v) is 12.1. The third-order valence-corrected chi connectivity index (χ3v) is 9.58. The third-order valence-electron chi connectivity index (χ3n) is 9.58. The summed E-state index contributed by atoms with van der Waals surface area (Å²) in [6, 6.07) is 5.27. The third kappa shape index (κ3) is 5.16. The molecular formula is C29H39N7O2. The molecule has 38 heavy (non-hydrogen) atoms. The Kier molecular flexibility index (Phi) is 7.10. The Morgan fingerprint density at radius 1 is 1.11 bits per heavy atom. The van der Waals surface area contributed by atoms with E-state index in [0.29, 0.717) is 36.0 Å². The molecule has 2 aromatic heterocycles. The van der Waals surface area contributed by atoms with Crippen LogP contribution < -0.4 is 20.7 Å². The van der Waals surface area contributed by atoms with Crippen LogP contribution >= 0.6 is 0 Å². The van der Waals surface area contributed by atoms with E-state index in [4.69, 9.17) is 4.74 Å². The number of nitriles is 1. The van der Waals surface area contributed by atoms with E-state index in [2.05, 4.69) is 37.0 Å². The number of aliphatic hydroxyl groups is 1. The van der Waals surface area contributed by atoms with Gasteiger partial charge in [-0.3, -0.25) is 4.98 Å². The quantitative estimate of drug-likeness (QED) is 0.392. The summed E-state index contributed by atoms with van der Waals surface area (Å²) in [5.74, 6) is 4.10. The maximum atomic E-state index is 9.90. The van der Waals surface area contributed by atoms with Gasteiger partial charge >= 0.3 is 0 Å². The number of nitrogens with one attached hydrogen (secondary N) is 3. The molecule has 0 aliphatic heterocycles. The zero-order valence-electron chi connectivity index (χ0n) is 22.2. The van der Waals surface area contributed by atoms with Crippen molar-refractivity contribution in [3.63, 3.8) is 0 Å². The predicted octanol–water partition coefficient (Wildman–Crippen LogP) is 3.86. The van der Waals surface area contributed by atoms with Crippen molar-refractivity contribution in [3.8, 4) is 11.8 Å². The van der Waals surface area contributed by atoms with Crippen LogP contribution in [-0.2, 0) is 6.54 Å². The maximum absolute atomic E-state index is 9.90. The minimum atomic E-state index is -0.102. The molecule has 3 unspecified atom stereocenters. The van der Waals surface area contributed by atoms with Crippen LogP contribution in [0.1, 0.15) is 68.9 Å². The van der Waals surface area contributed by atoms with Crippen LogP contribution in [0.25, 0.3) is 0 Å². The van der Waals surface area contributed by atoms with Crippen LogP contribution in [0.15, 0.2) is 24.7 Å². The number of aromatic nitrogens is 3. The molecule has 5 fully saturated rings. The van der Waals surface area contributed by atoms with Gasteiger partial charge in [0.25, 0.3) is 0 Å². The molecule has 0 spiro atoms. The first-order valence-corrected chi connectivity index (χ1v) is 14.2. The lowest BCUT2D eigenvalue weighted by Crippen LogP contribution is -2.61. The molecule has 0 aromatic carbocycles. The van der Waals surface area contributed by atoms with E-state index in [1.54, 1.807) is 25.7 Å². The zero-order valence-corrected chi connectivity index (χ0v) is 22.2. The first kappa shape index (κ1) is 25.3. The zero-order chi connectivity index (χ0) is 26.1. The van der Waals surface area contributed by atoms with E-state index in [0.717, 1.165) is 61.3 Å². The number of aliphatic hydroxyl groups excluding tert-OH is 1. The summed E-state index contributed by atoms with van der Waals surface area (Å²) >= 11 is 0. The number of ether oxygens (including phenoxy) is 1. The highest BCUT2D eigenvalue weighted by atomic mass is 16.5. The van der Waals surface area contributed by atoms with Crippen molar-refractivity contribution in [1.29, 1.82) is 5.26 Å². The average Bonchev–Trinajstić information content (AvgIpc) is 2.93. The minimum absolute atomic E-state index is 0.102. The maximum Gasteiger partial charge on any atom is 0.224 e. The first-order valence-electron chi connectivity index (χ1n) is 14.2. The van der Waals surface area contributed by atoms with Gasteiger partial charge in [-0.15, -0.1) is 0 Å². The fraction of sp³-hybridized carbons (Fsp3) is 0.655. The highest BCUT2D eigenvalue weighted by molar-refractivity contribution is 5.53. The van der Waals surface area contributed by atoms with Crippen molar-refractivity contribution >= 4 is 11.8 Å². The fourth-order valence-electron chi connectivity index (χ4n) is 8.07. The van der Waals surface area contributed by atoms with Gasteiger partial charge < -0.3 is 25.8 Å². The van der Waals surface area contributed by atoms with Crippen LogP contribution in [0.2, 0.25) is 0 Å². The summed E-state index contributed by atoms with van der Waals surface area (Å²) in [6.07, 6.45) is 15.5. The molecule has 9 heteroatoms. The SMILES string of the molecule is COc1ccncc1CNc1ncc(C#N)c(NCC23CC4C[C@H](C2)C(NC2CCC(O)CC2)[C@@H](C4)C3)n1. The normalized spacial score (nSPS) is 33.5. The standard InChI is InChI=1S/C29H39N7O2/c1-38-25-6-7-31-14-22(25)16-33-28-32-15-21(13-30)27(36-28)34-17-29-10-18-8-19(11-29)26(20(9-18)12-29)35-23-2-4-24(37)5-3-23/h6-7,14-15,18-20,23-24,26,35,37H,2-5,8-12,16-17H2,1H3,(H2,32,33,34,36)/t18?,19-,20+,23?,24?,26?,29?. The second kappa shape index (κ2) is 10.7. The van der Waals surface area contributed by atoms with Gasteiger partial charge in [-0.25, -0.2) is 4.98 Å². The fourth-order valence-corrected chi connectivity index (χ4v) is 8.07. The van der Waals surface area contributed by atoms with E-state index in [1.807, 2.05) is 6.07 Å². The van der Waals surface area contributed by atoms with Crippen LogP contribution in [0, 0.1) is 34.5 Å². The van der Waals surface area contributed by atoms with E-state index in [-0.39, 0.29) is 11.5 Å². The van der Waals surface area contributed by atoms with E-state index in [9.17, 15) is 10.4 Å². The van der Waals surface area contributed by atoms with Gasteiger partial charge in [0.2, 0.25) is 5.95 Å². The van der Waals surface area contributed by atoms with Gasteiger partial charge in [0.05, 0.1) is 19.4 Å². The van der Waals surface area contributed by atoms with Crippen LogP contribution in [0.5, 0.6) is 5.75 Å². The lowest BCUT2D eigenvalue weighted by molar-refractivity contribution is -0.0737. The van der Waals surface area contributed by atoms with Crippen molar-refractivity contribution in [2.24, 2.45) is 23.2 Å². The first-order chi connectivity index (χ1) is 18.5. The van der Waals surface area contributed by atoms with Crippen molar-refractivity contribution in [1.82, 2.24) is 20.3 Å². The molecule has 9 nitrogen and oxygen atoms in total. The Morgan fingerprint density at radius 3 is 2.63 bits per heavy atom. The Balaban J connectivity index is 1.10. The summed E-state index contributed by atoms with van der Waals surface area (Å²) in [4.78, 5) is 13.2. The molecule has 5 aliphatic carbocycles. The molecule has 5 atom stereocenters. The number of methoxy groups -OCH3 is 1. The molecule has 7 rings (SSSR count). The molecule has 2 aromatic rings. The van der Waals surface area contributed by atoms with Crippen molar-refractivity contribution in [2.75, 3.05) is 24.3 Å². The highest BCUT2D eigenvalue weighted by Crippen LogP contribution is 2.60. The number of rotatable bonds is 9. The molecule has 2 heterocycles. The molecular weight excluding hydrogens is 478 g/mol. The van der Waals surface area contributed by atoms with Crippen molar-refractivity contribution in [2.45, 2.75) is 82.5 Å². The number of hydrogen-bond acceptors (Lipinski definition) is 9. The summed E-state index contributed by atoms with van der Waals surface area (Å²) in [7, 11) is 1.64. The molecule has 0 saturated heterocycles. The van der Waals surface area contributed by atoms with Crippen LogP contribution in [0.3, 0.4) is 0 Å². The topological polar surface area (TPSA) is 128 Å². The Hall–Kier alpha value is -2.96. The molecule has 5 saturated carbocycles. The largest absolute Gasteiger partial charge is 0.496 e. The lowest BCUT2D eigenvalue weighted by atomic mass is 9.47. The minimum Gasteiger partial charge on any atom is -0.496 e. The smallest absolute Gasteiger partial charge is 0.224 e. The second-order valence-electron chi connectivity index (χ2n) is 12.1. The van der Waals surface area contributed by atoms with Crippen molar-refractivity contribution in [3.05, 3.63) is 35.8 Å².